The van der Waals surface area contributed by atoms with E-state index in [-0.39, 0.29) is 23.9 Å². The third-order valence-electron chi connectivity index (χ3n) is 6.08. The monoisotopic (exact) mass is 409 g/mol. The molecule has 1 saturated carbocycles. The first-order valence-corrected chi connectivity index (χ1v) is 11.2. The molecule has 0 radical (unpaired) electrons. The summed E-state index contributed by atoms with van der Waals surface area (Å²) in [5.41, 5.74) is 2.10. The van der Waals surface area contributed by atoms with Gasteiger partial charge in [-0.25, -0.2) is 4.98 Å². The number of benzene rings is 1. The molecule has 2 aromatic heterocycles. The van der Waals surface area contributed by atoms with Crippen molar-refractivity contribution in [2.24, 2.45) is 5.92 Å². The predicted octanol–water partition coefficient (Wildman–Crippen LogP) is 4.51. The van der Waals surface area contributed by atoms with Gasteiger partial charge in [0.2, 0.25) is 5.91 Å². The number of thiophene rings is 1. The van der Waals surface area contributed by atoms with Gasteiger partial charge < -0.3 is 5.32 Å². The molecule has 0 spiro atoms. The van der Waals surface area contributed by atoms with E-state index in [0.717, 1.165) is 33.7 Å². The van der Waals surface area contributed by atoms with Crippen LogP contribution in [0.4, 0.5) is 0 Å². The number of rotatable bonds is 6. The lowest BCUT2D eigenvalue weighted by Crippen LogP contribution is -2.34. The lowest BCUT2D eigenvalue weighted by atomic mass is 9.91. The van der Waals surface area contributed by atoms with Crippen LogP contribution < -0.4 is 10.9 Å². The number of hydrogen-bond donors (Lipinski definition) is 1. The Morgan fingerprint density at radius 3 is 2.69 bits per heavy atom. The standard InChI is InChI=1S/C23H27N3O2S/c1-15-16(2)29-22-20(15)23(28)26(14-24-22)13-12-19(27)25-21(18-10-6-7-11-18)17-8-4-3-5-9-17/h3-5,8-9,14,18,21H,6-7,10-13H2,1-2H3,(H,25,27). The molecule has 0 saturated heterocycles. The summed E-state index contributed by atoms with van der Waals surface area (Å²) in [6, 6.07) is 10.3. The summed E-state index contributed by atoms with van der Waals surface area (Å²) in [5.74, 6) is 0.467. The molecule has 4 rings (SSSR count). The number of carbonyl (C=O) groups excluding carboxylic acids is 1. The summed E-state index contributed by atoms with van der Waals surface area (Å²) in [5, 5.41) is 3.93. The van der Waals surface area contributed by atoms with Crippen LogP contribution in [0.1, 0.15) is 54.1 Å². The van der Waals surface area contributed by atoms with Crippen molar-refractivity contribution in [3.05, 3.63) is 63.0 Å². The Kier molecular flexibility index (Phi) is 5.81. The molecule has 6 heteroatoms. The normalized spacial score (nSPS) is 15.7. The SMILES string of the molecule is Cc1sc2ncn(CCC(=O)NC(c3ccccc3)C3CCCC3)c(=O)c2c1C. The van der Waals surface area contributed by atoms with Crippen LogP contribution in [0.15, 0.2) is 41.5 Å². The molecule has 152 valence electrons. The van der Waals surface area contributed by atoms with E-state index >= 15 is 0 Å². The van der Waals surface area contributed by atoms with Crippen molar-refractivity contribution in [2.75, 3.05) is 0 Å². The highest BCUT2D eigenvalue weighted by Gasteiger charge is 2.27. The van der Waals surface area contributed by atoms with Crippen molar-refractivity contribution in [1.29, 1.82) is 0 Å². The molecule has 1 unspecified atom stereocenters. The molecule has 3 aromatic rings. The third-order valence-corrected chi connectivity index (χ3v) is 7.20. The first-order chi connectivity index (χ1) is 14.0. The van der Waals surface area contributed by atoms with Crippen molar-refractivity contribution in [1.82, 2.24) is 14.9 Å². The van der Waals surface area contributed by atoms with Crippen LogP contribution in [-0.4, -0.2) is 15.5 Å². The van der Waals surface area contributed by atoms with Gasteiger partial charge in [0, 0.05) is 17.8 Å². The van der Waals surface area contributed by atoms with Crippen LogP contribution in [0.2, 0.25) is 0 Å². The van der Waals surface area contributed by atoms with Crippen molar-refractivity contribution in [2.45, 2.75) is 58.5 Å². The van der Waals surface area contributed by atoms with E-state index in [1.54, 1.807) is 22.2 Å². The Bertz CT molecular complexity index is 1060. The van der Waals surface area contributed by atoms with Crippen molar-refractivity contribution >= 4 is 27.5 Å². The predicted molar refractivity (Wildman–Crippen MR) is 117 cm³/mol. The highest BCUT2D eigenvalue weighted by atomic mass is 32.1. The van der Waals surface area contributed by atoms with Gasteiger partial charge in [0.15, 0.2) is 0 Å². The van der Waals surface area contributed by atoms with Crippen LogP contribution in [-0.2, 0) is 11.3 Å². The molecule has 1 aliphatic rings. The second-order valence-electron chi connectivity index (χ2n) is 7.96. The van der Waals surface area contributed by atoms with Crippen molar-refractivity contribution < 1.29 is 4.79 Å². The Morgan fingerprint density at radius 2 is 1.97 bits per heavy atom. The molecule has 2 heterocycles. The third kappa shape index (κ3) is 4.13. The topological polar surface area (TPSA) is 64.0 Å². The molecule has 1 fully saturated rings. The summed E-state index contributed by atoms with van der Waals surface area (Å²) in [4.78, 5) is 31.9. The van der Waals surface area contributed by atoms with Crippen LogP contribution >= 0.6 is 11.3 Å². The van der Waals surface area contributed by atoms with Gasteiger partial charge in [0.05, 0.1) is 17.8 Å². The number of hydrogen-bond acceptors (Lipinski definition) is 4. The quantitative estimate of drug-likeness (QED) is 0.651. The molecule has 0 aliphatic heterocycles. The fourth-order valence-electron chi connectivity index (χ4n) is 4.32. The molecular weight excluding hydrogens is 382 g/mol. The molecule has 1 N–H and O–H groups in total. The number of amides is 1. The minimum atomic E-state index is -0.0555. The number of aromatic nitrogens is 2. The average molecular weight is 410 g/mol. The lowest BCUT2D eigenvalue weighted by Gasteiger charge is -2.25. The molecule has 1 amide bonds. The van der Waals surface area contributed by atoms with E-state index in [4.69, 9.17) is 0 Å². The van der Waals surface area contributed by atoms with Crippen molar-refractivity contribution in [3.63, 3.8) is 0 Å². The summed E-state index contributed by atoms with van der Waals surface area (Å²) in [6.07, 6.45) is 6.59. The highest BCUT2D eigenvalue weighted by molar-refractivity contribution is 7.18. The molecular formula is C23H27N3O2S. The molecule has 1 aromatic carbocycles. The Balaban J connectivity index is 1.47. The Labute approximate surface area is 174 Å². The maximum absolute atomic E-state index is 12.8. The van der Waals surface area contributed by atoms with Gasteiger partial charge in [-0.2, -0.15) is 0 Å². The van der Waals surface area contributed by atoms with E-state index in [1.807, 2.05) is 32.0 Å². The zero-order valence-corrected chi connectivity index (χ0v) is 17.8. The minimum Gasteiger partial charge on any atom is -0.349 e. The maximum atomic E-state index is 12.8. The second kappa shape index (κ2) is 8.49. The van der Waals surface area contributed by atoms with Crippen LogP contribution in [0.5, 0.6) is 0 Å². The largest absolute Gasteiger partial charge is 0.349 e. The van der Waals surface area contributed by atoms with Gasteiger partial charge in [-0.05, 0) is 43.7 Å². The maximum Gasteiger partial charge on any atom is 0.262 e. The first kappa shape index (κ1) is 19.8. The average Bonchev–Trinajstić information content (AvgIpc) is 3.35. The zero-order chi connectivity index (χ0) is 20.4. The smallest absolute Gasteiger partial charge is 0.262 e. The minimum absolute atomic E-state index is 0.0176. The van der Waals surface area contributed by atoms with Crippen LogP contribution in [0.3, 0.4) is 0 Å². The summed E-state index contributed by atoms with van der Waals surface area (Å²) in [7, 11) is 0. The van der Waals surface area contributed by atoms with E-state index < -0.39 is 0 Å². The molecule has 1 aliphatic carbocycles. The summed E-state index contributed by atoms with van der Waals surface area (Å²) < 4.78 is 1.56. The summed E-state index contributed by atoms with van der Waals surface area (Å²) >= 11 is 1.54. The number of carbonyl (C=O) groups is 1. The van der Waals surface area contributed by atoms with Gasteiger partial charge in [-0.3, -0.25) is 14.2 Å². The number of nitrogens with one attached hydrogen (secondary N) is 1. The Morgan fingerprint density at radius 1 is 1.24 bits per heavy atom. The second-order valence-corrected chi connectivity index (χ2v) is 9.16. The summed E-state index contributed by atoms with van der Waals surface area (Å²) in [6.45, 7) is 4.31. The molecule has 5 nitrogen and oxygen atoms in total. The van der Waals surface area contributed by atoms with Gasteiger partial charge in [0.25, 0.3) is 5.56 Å². The Hall–Kier alpha value is -2.47. The zero-order valence-electron chi connectivity index (χ0n) is 17.0. The van der Waals surface area contributed by atoms with E-state index in [9.17, 15) is 9.59 Å². The molecule has 1 atom stereocenters. The van der Waals surface area contributed by atoms with Crippen molar-refractivity contribution in [3.8, 4) is 0 Å². The van der Waals surface area contributed by atoms with Crippen LogP contribution in [0, 0.1) is 19.8 Å². The number of nitrogens with zero attached hydrogens (tertiary/aromatic N) is 2. The fraction of sp³-hybridized carbons (Fsp3) is 0.435. The van der Waals surface area contributed by atoms with Gasteiger partial charge >= 0.3 is 0 Å². The fourth-order valence-corrected chi connectivity index (χ4v) is 5.31. The van der Waals surface area contributed by atoms with E-state index in [1.165, 1.54) is 12.8 Å². The molecule has 29 heavy (non-hydrogen) atoms. The molecule has 0 bridgehead atoms. The van der Waals surface area contributed by atoms with Gasteiger partial charge in [-0.1, -0.05) is 43.2 Å². The van der Waals surface area contributed by atoms with E-state index in [2.05, 4.69) is 22.4 Å². The number of aryl methyl sites for hydroxylation is 3. The van der Waals surface area contributed by atoms with E-state index in [0.29, 0.717) is 17.8 Å². The van der Waals surface area contributed by atoms with Crippen LogP contribution in [0.25, 0.3) is 10.2 Å². The van der Waals surface area contributed by atoms with Gasteiger partial charge in [-0.15, -0.1) is 11.3 Å². The first-order valence-electron chi connectivity index (χ1n) is 10.3. The highest BCUT2D eigenvalue weighted by Crippen LogP contribution is 2.35. The lowest BCUT2D eigenvalue weighted by molar-refractivity contribution is -0.122. The van der Waals surface area contributed by atoms with Gasteiger partial charge in [0.1, 0.15) is 4.83 Å². The number of fused-ring (bicyclic) bond motifs is 1.